The number of aromatic nitrogens is 2. The van der Waals surface area contributed by atoms with Crippen LogP contribution in [0.2, 0.25) is 0 Å². The van der Waals surface area contributed by atoms with Crippen molar-refractivity contribution in [1.29, 1.82) is 0 Å². The molecule has 0 atom stereocenters. The Morgan fingerprint density at radius 1 is 1.04 bits per heavy atom. The van der Waals surface area contributed by atoms with Crippen molar-refractivity contribution in [3.05, 3.63) is 65.0 Å². The summed E-state index contributed by atoms with van der Waals surface area (Å²) in [6, 6.07) is 16.6. The number of rotatable bonds is 4. The van der Waals surface area contributed by atoms with Gasteiger partial charge in [-0.3, -0.25) is 0 Å². The molecule has 134 valence electrons. The van der Waals surface area contributed by atoms with Gasteiger partial charge < -0.3 is 10.6 Å². The molecule has 0 fully saturated rings. The average molecular weight is 383 g/mol. The summed E-state index contributed by atoms with van der Waals surface area (Å²) in [5, 5.41) is 13.1. The van der Waals surface area contributed by atoms with E-state index in [1.807, 2.05) is 5.38 Å². The van der Waals surface area contributed by atoms with Crippen LogP contribution in [-0.4, -0.2) is 14.7 Å². The fourth-order valence-electron chi connectivity index (χ4n) is 2.49. The second-order valence-corrected chi connectivity index (χ2v) is 8.14. The number of anilines is 1. The zero-order valence-electron chi connectivity index (χ0n) is 15.1. The van der Waals surface area contributed by atoms with Crippen LogP contribution in [-0.2, 0) is 12.0 Å². The molecule has 26 heavy (non-hydrogen) atoms. The van der Waals surface area contributed by atoms with Crippen molar-refractivity contribution in [2.75, 3.05) is 5.32 Å². The Bertz CT molecular complexity index is 848. The fourth-order valence-corrected chi connectivity index (χ4v) is 3.15. The molecule has 0 radical (unpaired) electrons. The van der Waals surface area contributed by atoms with E-state index in [1.165, 1.54) is 17.1 Å². The van der Waals surface area contributed by atoms with E-state index in [1.54, 1.807) is 0 Å². The summed E-state index contributed by atoms with van der Waals surface area (Å²) < 4.78 is 3.89. The molecule has 0 amide bonds. The second-order valence-electron chi connectivity index (χ2n) is 7.12. The molecule has 1 aromatic heterocycles. The van der Waals surface area contributed by atoms with Crippen LogP contribution in [0.25, 0.3) is 11.3 Å². The minimum absolute atomic E-state index is 0.151. The van der Waals surface area contributed by atoms with Gasteiger partial charge in [0.1, 0.15) is 5.69 Å². The molecule has 3 aromatic rings. The Balaban J connectivity index is 1.52. The van der Waals surface area contributed by atoms with Gasteiger partial charge in [-0.25, -0.2) is 0 Å². The van der Waals surface area contributed by atoms with Crippen molar-refractivity contribution in [1.82, 2.24) is 14.9 Å². The summed E-state index contributed by atoms with van der Waals surface area (Å²) in [5.41, 5.74) is 5.58. The predicted octanol–water partition coefficient (Wildman–Crippen LogP) is 4.99. The summed E-state index contributed by atoms with van der Waals surface area (Å²) in [4.78, 5) is 0. The van der Waals surface area contributed by atoms with Gasteiger partial charge in [-0.05, 0) is 52.4 Å². The third kappa shape index (κ3) is 4.86. The highest BCUT2D eigenvalue weighted by molar-refractivity contribution is 7.80. The first-order valence-electron chi connectivity index (χ1n) is 8.43. The van der Waals surface area contributed by atoms with Gasteiger partial charge in [0, 0.05) is 23.2 Å². The zero-order chi connectivity index (χ0) is 18.6. The van der Waals surface area contributed by atoms with Crippen molar-refractivity contribution in [3.8, 4) is 11.3 Å². The van der Waals surface area contributed by atoms with E-state index in [-0.39, 0.29) is 5.41 Å². The molecule has 0 bridgehead atoms. The molecule has 0 aliphatic heterocycles. The first kappa shape index (κ1) is 18.5. The van der Waals surface area contributed by atoms with Gasteiger partial charge in [0.05, 0.1) is 0 Å². The topological polar surface area (TPSA) is 49.8 Å². The van der Waals surface area contributed by atoms with Crippen molar-refractivity contribution in [3.63, 3.8) is 0 Å². The quantitative estimate of drug-likeness (QED) is 0.623. The monoisotopic (exact) mass is 382 g/mol. The molecule has 0 saturated carbocycles. The number of benzene rings is 2. The van der Waals surface area contributed by atoms with Crippen molar-refractivity contribution in [2.24, 2.45) is 0 Å². The lowest BCUT2D eigenvalue weighted by Crippen LogP contribution is -2.27. The first-order valence-corrected chi connectivity index (χ1v) is 9.68. The molecular formula is C20H22N4S2. The Hall–Kier alpha value is -2.31. The third-order valence-electron chi connectivity index (χ3n) is 4.07. The van der Waals surface area contributed by atoms with Crippen LogP contribution < -0.4 is 10.6 Å². The van der Waals surface area contributed by atoms with Crippen molar-refractivity contribution < 1.29 is 0 Å². The van der Waals surface area contributed by atoms with Gasteiger partial charge in [0.25, 0.3) is 0 Å². The molecule has 0 spiro atoms. The van der Waals surface area contributed by atoms with Gasteiger partial charge in [-0.15, -0.1) is 5.10 Å². The number of hydrogen-bond acceptors (Lipinski definition) is 4. The van der Waals surface area contributed by atoms with Crippen LogP contribution in [0.4, 0.5) is 5.69 Å². The minimum atomic E-state index is 0.151. The summed E-state index contributed by atoms with van der Waals surface area (Å²) in [6.07, 6.45) is 0. The largest absolute Gasteiger partial charge is 0.358 e. The SMILES string of the molecule is CC(C)(C)c1ccc(NC(=S)NCc2ccc(-c3csnn3)cc2)cc1. The van der Waals surface area contributed by atoms with Gasteiger partial charge in [-0.1, -0.05) is 61.7 Å². The Kier molecular flexibility index (Phi) is 5.64. The lowest BCUT2D eigenvalue weighted by atomic mass is 9.87. The van der Waals surface area contributed by atoms with Crippen LogP contribution >= 0.6 is 23.8 Å². The molecule has 2 N–H and O–H groups in total. The number of nitrogens with one attached hydrogen (secondary N) is 2. The first-order chi connectivity index (χ1) is 12.4. The maximum Gasteiger partial charge on any atom is 0.171 e. The molecule has 0 unspecified atom stereocenters. The van der Waals surface area contributed by atoms with E-state index in [0.29, 0.717) is 11.7 Å². The Morgan fingerprint density at radius 3 is 2.31 bits per heavy atom. The predicted molar refractivity (Wildman–Crippen MR) is 114 cm³/mol. The van der Waals surface area contributed by atoms with Crippen LogP contribution in [0.1, 0.15) is 31.9 Å². The van der Waals surface area contributed by atoms with Crippen molar-refractivity contribution in [2.45, 2.75) is 32.7 Å². The normalized spacial score (nSPS) is 11.2. The summed E-state index contributed by atoms with van der Waals surface area (Å²) in [5.74, 6) is 0. The molecule has 0 saturated heterocycles. The average Bonchev–Trinajstić information content (AvgIpc) is 3.15. The summed E-state index contributed by atoms with van der Waals surface area (Å²) in [7, 11) is 0. The van der Waals surface area contributed by atoms with Crippen LogP contribution in [0.5, 0.6) is 0 Å². The molecule has 2 aromatic carbocycles. The Morgan fingerprint density at radius 2 is 1.73 bits per heavy atom. The van der Waals surface area contributed by atoms with Crippen LogP contribution in [0, 0.1) is 0 Å². The maximum atomic E-state index is 5.39. The minimum Gasteiger partial charge on any atom is -0.358 e. The van der Waals surface area contributed by atoms with Crippen molar-refractivity contribution >= 4 is 34.6 Å². The number of thiocarbonyl (C=S) groups is 1. The van der Waals surface area contributed by atoms with Crippen LogP contribution in [0.3, 0.4) is 0 Å². The fraction of sp³-hybridized carbons (Fsp3) is 0.250. The highest BCUT2D eigenvalue weighted by Crippen LogP contribution is 2.23. The highest BCUT2D eigenvalue weighted by atomic mass is 32.1. The summed E-state index contributed by atoms with van der Waals surface area (Å²) in [6.45, 7) is 7.29. The molecular weight excluding hydrogens is 360 g/mol. The molecule has 1 heterocycles. The lowest BCUT2D eigenvalue weighted by molar-refractivity contribution is 0.590. The van der Waals surface area contributed by atoms with Gasteiger partial charge in [-0.2, -0.15) is 0 Å². The number of hydrogen-bond donors (Lipinski definition) is 2. The molecule has 6 heteroatoms. The third-order valence-corrected chi connectivity index (χ3v) is 4.82. The van der Waals surface area contributed by atoms with Gasteiger partial charge in [0.15, 0.2) is 5.11 Å². The molecule has 0 aliphatic carbocycles. The molecule has 0 aliphatic rings. The van der Waals surface area contributed by atoms with E-state index in [9.17, 15) is 0 Å². The standard InChI is InChI=1S/C20H22N4S2/c1-20(2,3)16-8-10-17(11-9-16)22-19(25)21-12-14-4-6-15(7-5-14)18-13-26-24-23-18/h4-11,13H,12H2,1-3H3,(H2,21,22,25). The lowest BCUT2D eigenvalue weighted by Gasteiger charge is -2.19. The zero-order valence-corrected chi connectivity index (χ0v) is 16.7. The molecule has 3 rings (SSSR count). The molecule has 4 nitrogen and oxygen atoms in total. The highest BCUT2D eigenvalue weighted by Gasteiger charge is 2.12. The number of nitrogens with zero attached hydrogens (tertiary/aromatic N) is 2. The Labute approximate surface area is 163 Å². The maximum absolute atomic E-state index is 5.39. The van der Waals surface area contributed by atoms with Gasteiger partial charge in [0.2, 0.25) is 0 Å². The van der Waals surface area contributed by atoms with E-state index in [2.05, 4.69) is 89.5 Å². The van der Waals surface area contributed by atoms with E-state index < -0.39 is 0 Å². The smallest absolute Gasteiger partial charge is 0.171 e. The van der Waals surface area contributed by atoms with Gasteiger partial charge >= 0.3 is 0 Å². The summed E-state index contributed by atoms with van der Waals surface area (Å²) >= 11 is 6.75. The van der Waals surface area contributed by atoms with Crippen LogP contribution in [0.15, 0.2) is 53.9 Å². The van der Waals surface area contributed by atoms with E-state index in [0.717, 1.165) is 22.5 Å². The second kappa shape index (κ2) is 7.93. The van der Waals surface area contributed by atoms with E-state index >= 15 is 0 Å². The van der Waals surface area contributed by atoms with E-state index in [4.69, 9.17) is 12.2 Å².